The van der Waals surface area contributed by atoms with Gasteiger partial charge in [-0.3, -0.25) is 0 Å². The number of hydrogen-bond donors (Lipinski definition) is 0. The van der Waals surface area contributed by atoms with E-state index in [4.69, 9.17) is 39.5 Å². The molecule has 3 aromatic carbocycles. The second-order valence-electron chi connectivity index (χ2n) is 6.61. The van der Waals surface area contributed by atoms with Crippen molar-refractivity contribution in [2.75, 3.05) is 0 Å². The number of nitrogens with zero attached hydrogens (tertiary/aromatic N) is 2. The lowest BCUT2D eigenvalue weighted by Gasteiger charge is -2.14. The minimum absolute atomic E-state index is 0.00819. The average Bonchev–Trinajstić information content (AvgIpc) is 3.26. The van der Waals surface area contributed by atoms with E-state index in [0.717, 1.165) is 9.65 Å². The van der Waals surface area contributed by atoms with Crippen molar-refractivity contribution in [2.24, 2.45) is 0 Å². The minimum atomic E-state index is -4.14. The van der Waals surface area contributed by atoms with Gasteiger partial charge in [0.25, 0.3) is 10.0 Å². The zero-order valence-corrected chi connectivity index (χ0v) is 19.4. The van der Waals surface area contributed by atoms with E-state index in [1.807, 2.05) is 30.3 Å². The summed E-state index contributed by atoms with van der Waals surface area (Å²) >= 11 is 18.1. The zero-order chi connectivity index (χ0) is 22.7. The topological polar surface area (TPSA) is 61.2 Å². The fourth-order valence-electron chi connectivity index (χ4n) is 2.92. The fourth-order valence-corrected chi connectivity index (χ4v) is 5.07. The molecule has 0 saturated heterocycles. The lowest BCUT2D eigenvalue weighted by Crippen LogP contribution is -2.18. The molecular formula is C23H15Cl3N2O3S. The number of rotatable bonds is 6. The molecule has 0 atom stereocenters. The maximum absolute atomic E-state index is 13.4. The van der Waals surface area contributed by atoms with Crippen molar-refractivity contribution in [1.82, 2.24) is 9.19 Å². The Hall–Kier alpha value is -2.77. The van der Waals surface area contributed by atoms with Crippen LogP contribution >= 0.6 is 34.8 Å². The highest BCUT2D eigenvalue weighted by Crippen LogP contribution is 2.30. The SMILES string of the molecule is O=S(=O)(c1ccc(Cl)cc1Cl)n1nccc1/C(=C\c1ccccc1)Oc1ccc(Cl)cc1. The van der Waals surface area contributed by atoms with Crippen LogP contribution in [0.15, 0.2) is 90.0 Å². The predicted octanol–water partition coefficient (Wildman–Crippen LogP) is 6.66. The van der Waals surface area contributed by atoms with Gasteiger partial charge in [-0.25, -0.2) is 0 Å². The third-order valence-corrected chi connectivity index (χ3v) is 6.97. The van der Waals surface area contributed by atoms with Gasteiger partial charge in [0.05, 0.1) is 11.2 Å². The normalized spacial score (nSPS) is 12.0. The number of hydrogen-bond acceptors (Lipinski definition) is 4. The van der Waals surface area contributed by atoms with E-state index in [2.05, 4.69) is 5.10 Å². The Morgan fingerprint density at radius 3 is 2.25 bits per heavy atom. The van der Waals surface area contributed by atoms with Gasteiger partial charge in [0, 0.05) is 10.0 Å². The summed E-state index contributed by atoms with van der Waals surface area (Å²) in [6.45, 7) is 0. The molecular weight excluding hydrogens is 491 g/mol. The lowest BCUT2D eigenvalue weighted by molar-refractivity contribution is 0.511. The van der Waals surface area contributed by atoms with Crippen molar-refractivity contribution in [1.29, 1.82) is 0 Å². The van der Waals surface area contributed by atoms with Gasteiger partial charge in [-0.2, -0.15) is 13.5 Å². The summed E-state index contributed by atoms with van der Waals surface area (Å²) in [5.41, 5.74) is 1.03. The van der Waals surface area contributed by atoms with Crippen LogP contribution in [0.4, 0.5) is 0 Å². The van der Waals surface area contributed by atoms with Crippen molar-refractivity contribution >= 4 is 56.7 Å². The Kier molecular flexibility index (Phi) is 6.58. The summed E-state index contributed by atoms with van der Waals surface area (Å²) < 4.78 is 33.7. The summed E-state index contributed by atoms with van der Waals surface area (Å²) in [6.07, 6.45) is 3.10. The molecule has 0 saturated carbocycles. The van der Waals surface area contributed by atoms with Crippen LogP contribution in [0.25, 0.3) is 11.8 Å². The van der Waals surface area contributed by atoms with Crippen LogP contribution < -0.4 is 4.74 Å². The zero-order valence-electron chi connectivity index (χ0n) is 16.3. The van der Waals surface area contributed by atoms with E-state index in [-0.39, 0.29) is 21.4 Å². The van der Waals surface area contributed by atoms with Crippen LogP contribution in [-0.2, 0) is 10.0 Å². The molecule has 0 aliphatic carbocycles. The second kappa shape index (κ2) is 9.38. The van der Waals surface area contributed by atoms with Crippen LogP contribution in [0.3, 0.4) is 0 Å². The quantitative estimate of drug-likeness (QED) is 0.275. The number of aromatic nitrogens is 2. The number of halogens is 3. The van der Waals surface area contributed by atoms with Crippen molar-refractivity contribution in [3.63, 3.8) is 0 Å². The molecule has 0 radical (unpaired) electrons. The van der Waals surface area contributed by atoms with E-state index in [1.54, 1.807) is 36.4 Å². The van der Waals surface area contributed by atoms with Gasteiger partial charge >= 0.3 is 0 Å². The third-order valence-electron chi connectivity index (χ3n) is 4.40. The number of benzene rings is 3. The van der Waals surface area contributed by atoms with Crippen LogP contribution in [0.2, 0.25) is 15.1 Å². The summed E-state index contributed by atoms with van der Waals surface area (Å²) in [5.74, 6) is 0.746. The molecule has 4 aromatic rings. The van der Waals surface area contributed by atoms with E-state index in [9.17, 15) is 8.42 Å². The van der Waals surface area contributed by atoms with Crippen LogP contribution in [-0.4, -0.2) is 17.6 Å². The summed E-state index contributed by atoms with van der Waals surface area (Å²) in [5, 5.41) is 4.91. The summed E-state index contributed by atoms with van der Waals surface area (Å²) in [4.78, 5) is -0.126. The van der Waals surface area contributed by atoms with E-state index < -0.39 is 10.0 Å². The van der Waals surface area contributed by atoms with Gasteiger partial charge in [0.2, 0.25) is 0 Å². The Bertz CT molecular complexity index is 1380. The molecule has 0 aliphatic heterocycles. The van der Waals surface area contributed by atoms with Crippen molar-refractivity contribution in [3.8, 4) is 5.75 Å². The molecule has 0 unspecified atom stereocenters. The van der Waals surface area contributed by atoms with Crippen molar-refractivity contribution in [2.45, 2.75) is 4.90 Å². The fraction of sp³-hybridized carbons (Fsp3) is 0. The standard InChI is InChI=1S/C23H15Cl3N2O3S/c24-17-6-9-19(10-7-17)31-22(14-16-4-2-1-3-5-16)21-12-13-27-28(21)32(29,30)23-11-8-18(25)15-20(23)26/h1-15H/b22-14+. The van der Waals surface area contributed by atoms with E-state index >= 15 is 0 Å². The summed E-state index contributed by atoms with van der Waals surface area (Å²) in [7, 11) is -4.14. The predicted molar refractivity (Wildman–Crippen MR) is 128 cm³/mol. The number of ether oxygens (including phenoxy) is 1. The highest BCUT2D eigenvalue weighted by atomic mass is 35.5. The lowest BCUT2D eigenvalue weighted by atomic mass is 10.2. The molecule has 162 valence electrons. The molecule has 0 amide bonds. The largest absolute Gasteiger partial charge is 0.455 e. The molecule has 0 spiro atoms. The Balaban J connectivity index is 1.84. The van der Waals surface area contributed by atoms with Crippen molar-refractivity contribution in [3.05, 3.63) is 111 Å². The van der Waals surface area contributed by atoms with Gasteiger partial charge in [0.15, 0.2) is 5.76 Å². The van der Waals surface area contributed by atoms with Gasteiger partial charge in [-0.1, -0.05) is 65.1 Å². The van der Waals surface area contributed by atoms with E-state index in [1.165, 1.54) is 24.4 Å². The van der Waals surface area contributed by atoms with Crippen LogP contribution in [0, 0.1) is 0 Å². The molecule has 0 bridgehead atoms. The second-order valence-corrected chi connectivity index (χ2v) is 9.63. The van der Waals surface area contributed by atoms with Crippen molar-refractivity contribution < 1.29 is 13.2 Å². The molecule has 4 rings (SSSR count). The Labute approximate surface area is 200 Å². The maximum Gasteiger partial charge on any atom is 0.285 e. The molecule has 0 N–H and O–H groups in total. The third kappa shape index (κ3) is 4.84. The first-order chi connectivity index (χ1) is 15.3. The first-order valence-electron chi connectivity index (χ1n) is 9.30. The van der Waals surface area contributed by atoms with Gasteiger partial charge in [-0.15, -0.1) is 4.09 Å². The molecule has 9 heteroatoms. The average molecular weight is 506 g/mol. The van der Waals surface area contributed by atoms with Gasteiger partial charge in [-0.05, 0) is 60.2 Å². The molecule has 0 fully saturated rings. The molecule has 1 aromatic heterocycles. The summed E-state index contributed by atoms with van der Waals surface area (Å²) in [6, 6.07) is 21.8. The Morgan fingerprint density at radius 1 is 0.875 bits per heavy atom. The van der Waals surface area contributed by atoms with Gasteiger partial charge in [0.1, 0.15) is 16.3 Å². The molecule has 1 heterocycles. The molecule has 5 nitrogen and oxygen atoms in total. The Morgan fingerprint density at radius 2 is 1.56 bits per heavy atom. The van der Waals surface area contributed by atoms with E-state index in [0.29, 0.717) is 15.8 Å². The minimum Gasteiger partial charge on any atom is -0.455 e. The monoisotopic (exact) mass is 504 g/mol. The first-order valence-corrected chi connectivity index (χ1v) is 11.9. The highest BCUT2D eigenvalue weighted by Gasteiger charge is 2.26. The first kappa shape index (κ1) is 22.4. The van der Waals surface area contributed by atoms with Gasteiger partial charge < -0.3 is 4.74 Å². The maximum atomic E-state index is 13.4. The smallest absolute Gasteiger partial charge is 0.285 e. The van der Waals surface area contributed by atoms with Crippen LogP contribution in [0.5, 0.6) is 5.75 Å². The molecule has 32 heavy (non-hydrogen) atoms. The van der Waals surface area contributed by atoms with Crippen LogP contribution in [0.1, 0.15) is 11.3 Å². The highest BCUT2D eigenvalue weighted by molar-refractivity contribution is 7.90. The molecule has 0 aliphatic rings.